The molecule has 0 aliphatic carbocycles. The number of anilines is 3. The molecule has 1 fully saturated rings. The highest BCUT2D eigenvalue weighted by atomic mass is 32.1. The van der Waals surface area contributed by atoms with Crippen LogP contribution in [0, 0.1) is 0 Å². The molecule has 186 valence electrons. The molecule has 0 saturated carbocycles. The molecule has 2 aromatic carbocycles. The van der Waals surface area contributed by atoms with Gasteiger partial charge in [-0.2, -0.15) is 13.2 Å². The molecule has 4 rings (SSSR count). The van der Waals surface area contributed by atoms with Crippen LogP contribution in [0.2, 0.25) is 0 Å². The zero-order valence-corrected chi connectivity index (χ0v) is 20.1. The molecule has 35 heavy (non-hydrogen) atoms. The van der Waals surface area contributed by atoms with Crippen molar-refractivity contribution in [2.45, 2.75) is 12.6 Å². The number of halogens is 3. The van der Waals surface area contributed by atoms with E-state index < -0.39 is 11.7 Å². The fraction of sp³-hybridized carbons (Fsp3) is 0.333. The largest absolute Gasteiger partial charge is 0.497 e. The first-order valence-electron chi connectivity index (χ1n) is 10.9. The Morgan fingerprint density at radius 3 is 2.54 bits per heavy atom. The highest BCUT2D eigenvalue weighted by Crippen LogP contribution is 2.33. The second kappa shape index (κ2) is 10.4. The molecular formula is C24H25F3N4O3S. The number of amides is 1. The van der Waals surface area contributed by atoms with Crippen LogP contribution in [0.25, 0.3) is 0 Å². The fourth-order valence-corrected chi connectivity index (χ4v) is 4.55. The average molecular weight is 507 g/mol. The minimum Gasteiger partial charge on any atom is -0.497 e. The maximum atomic E-state index is 13.0. The summed E-state index contributed by atoms with van der Waals surface area (Å²) in [5.74, 6) is 1.24. The van der Waals surface area contributed by atoms with Crippen molar-refractivity contribution in [2.24, 2.45) is 0 Å². The van der Waals surface area contributed by atoms with E-state index in [9.17, 15) is 18.0 Å². The highest BCUT2D eigenvalue weighted by molar-refractivity contribution is 7.13. The van der Waals surface area contributed by atoms with E-state index in [0.717, 1.165) is 12.1 Å². The zero-order valence-electron chi connectivity index (χ0n) is 19.3. The van der Waals surface area contributed by atoms with Gasteiger partial charge in [0.25, 0.3) is 0 Å². The summed E-state index contributed by atoms with van der Waals surface area (Å²) in [6, 6.07) is 10.7. The Balaban J connectivity index is 1.33. The Kier molecular flexibility index (Phi) is 7.34. The molecule has 0 spiro atoms. The number of ether oxygens (including phenoxy) is 2. The van der Waals surface area contributed by atoms with E-state index in [1.54, 1.807) is 43.4 Å². The number of thiazole rings is 1. The molecule has 11 heteroatoms. The number of methoxy groups -OCH3 is 2. The van der Waals surface area contributed by atoms with Crippen molar-refractivity contribution in [3.8, 4) is 11.5 Å². The Labute approximate surface area is 205 Å². The maximum Gasteiger partial charge on any atom is 0.416 e. The third-order valence-corrected chi connectivity index (χ3v) is 6.51. The summed E-state index contributed by atoms with van der Waals surface area (Å²) in [7, 11) is 3.16. The van der Waals surface area contributed by atoms with Crippen LogP contribution in [-0.2, 0) is 17.4 Å². The van der Waals surface area contributed by atoms with Crippen LogP contribution in [0.5, 0.6) is 11.5 Å². The molecule has 0 radical (unpaired) electrons. The average Bonchev–Trinajstić information content (AvgIpc) is 3.30. The van der Waals surface area contributed by atoms with Gasteiger partial charge in [0, 0.05) is 43.3 Å². The molecular weight excluding hydrogens is 481 g/mol. The normalized spacial score (nSPS) is 14.1. The Hall–Kier alpha value is -3.47. The number of hydrogen-bond acceptors (Lipinski definition) is 7. The second-order valence-corrected chi connectivity index (χ2v) is 8.79. The van der Waals surface area contributed by atoms with Crippen LogP contribution in [-0.4, -0.2) is 56.2 Å². The summed E-state index contributed by atoms with van der Waals surface area (Å²) in [5.41, 5.74) is 1.18. The molecule has 1 N–H and O–H groups in total. The molecule has 0 atom stereocenters. The Morgan fingerprint density at radius 2 is 1.86 bits per heavy atom. The van der Waals surface area contributed by atoms with E-state index in [4.69, 9.17) is 9.47 Å². The molecule has 1 amide bonds. The summed E-state index contributed by atoms with van der Waals surface area (Å²) in [4.78, 5) is 20.9. The van der Waals surface area contributed by atoms with Gasteiger partial charge in [0.1, 0.15) is 11.5 Å². The molecule has 1 aliphatic heterocycles. The summed E-state index contributed by atoms with van der Waals surface area (Å²) in [6.07, 6.45) is -4.23. The standard InChI is InChI=1S/C24H25F3N4O3S/c1-33-19-6-7-21(34-2)20(14-19)29-23-28-17(15-35-23)13-22(32)31-10-8-30(9-11-31)18-5-3-4-16(12-18)24(25,26)27/h3-7,12,14-15H,8-11,13H2,1-2H3,(H,28,29). The number of rotatable bonds is 7. The zero-order chi connectivity index (χ0) is 25.0. The van der Waals surface area contributed by atoms with Gasteiger partial charge in [0.2, 0.25) is 5.91 Å². The SMILES string of the molecule is COc1ccc(OC)c(Nc2nc(CC(=O)N3CCN(c4cccc(C(F)(F)F)c4)CC3)cs2)c1. The van der Waals surface area contributed by atoms with Gasteiger partial charge in [-0.25, -0.2) is 4.98 Å². The van der Waals surface area contributed by atoms with Crippen LogP contribution >= 0.6 is 11.3 Å². The first-order chi connectivity index (χ1) is 16.8. The van der Waals surface area contributed by atoms with Crippen molar-refractivity contribution in [3.63, 3.8) is 0 Å². The highest BCUT2D eigenvalue weighted by Gasteiger charge is 2.31. The van der Waals surface area contributed by atoms with Crippen LogP contribution in [0.15, 0.2) is 47.8 Å². The number of hydrogen-bond donors (Lipinski definition) is 1. The minimum absolute atomic E-state index is 0.0653. The van der Waals surface area contributed by atoms with Crippen molar-refractivity contribution in [3.05, 3.63) is 59.1 Å². The summed E-state index contributed by atoms with van der Waals surface area (Å²) in [6.45, 7) is 1.80. The number of carbonyl (C=O) groups is 1. The quantitative estimate of drug-likeness (QED) is 0.496. The van der Waals surface area contributed by atoms with Gasteiger partial charge in [-0.05, 0) is 30.3 Å². The third kappa shape index (κ3) is 5.97. The van der Waals surface area contributed by atoms with Crippen molar-refractivity contribution in [1.82, 2.24) is 9.88 Å². The molecule has 1 saturated heterocycles. The van der Waals surface area contributed by atoms with Gasteiger partial charge < -0.3 is 24.6 Å². The first kappa shape index (κ1) is 24.6. The van der Waals surface area contributed by atoms with E-state index in [2.05, 4.69) is 10.3 Å². The number of nitrogens with zero attached hydrogens (tertiary/aromatic N) is 3. The molecule has 3 aromatic rings. The van der Waals surface area contributed by atoms with Crippen molar-refractivity contribution in [2.75, 3.05) is 50.6 Å². The molecule has 2 heterocycles. The van der Waals surface area contributed by atoms with Crippen LogP contribution in [0.3, 0.4) is 0 Å². The number of benzene rings is 2. The minimum atomic E-state index is -4.38. The second-order valence-electron chi connectivity index (χ2n) is 7.93. The van der Waals surface area contributed by atoms with E-state index in [0.29, 0.717) is 59.9 Å². The number of carbonyl (C=O) groups excluding carboxylic acids is 1. The molecule has 1 aliphatic rings. The Bertz CT molecular complexity index is 1180. The van der Waals surface area contributed by atoms with Crippen LogP contribution in [0.4, 0.5) is 29.7 Å². The molecule has 1 aromatic heterocycles. The van der Waals surface area contributed by atoms with Crippen molar-refractivity contribution in [1.29, 1.82) is 0 Å². The lowest BCUT2D eigenvalue weighted by molar-refractivity contribution is -0.137. The van der Waals surface area contributed by atoms with E-state index in [1.807, 2.05) is 10.3 Å². The first-order valence-corrected chi connectivity index (χ1v) is 11.8. The van der Waals surface area contributed by atoms with Gasteiger partial charge in [0.05, 0.1) is 37.6 Å². The molecule has 0 bridgehead atoms. The summed E-state index contributed by atoms with van der Waals surface area (Å²) in [5, 5.41) is 5.65. The van der Waals surface area contributed by atoms with Crippen molar-refractivity contribution >= 4 is 33.8 Å². The maximum absolute atomic E-state index is 13.0. The smallest absolute Gasteiger partial charge is 0.416 e. The van der Waals surface area contributed by atoms with E-state index >= 15 is 0 Å². The number of piperazine rings is 1. The van der Waals surface area contributed by atoms with E-state index in [1.165, 1.54) is 17.4 Å². The topological polar surface area (TPSA) is 66.9 Å². The summed E-state index contributed by atoms with van der Waals surface area (Å²) < 4.78 is 49.7. The molecule has 7 nitrogen and oxygen atoms in total. The lowest BCUT2D eigenvalue weighted by atomic mass is 10.1. The lowest BCUT2D eigenvalue weighted by Gasteiger charge is -2.36. The fourth-order valence-electron chi connectivity index (χ4n) is 3.83. The van der Waals surface area contributed by atoms with Gasteiger partial charge in [-0.1, -0.05) is 6.07 Å². The third-order valence-electron chi connectivity index (χ3n) is 5.70. The predicted molar refractivity (Wildman–Crippen MR) is 129 cm³/mol. The van der Waals surface area contributed by atoms with Crippen LogP contribution < -0.4 is 19.7 Å². The predicted octanol–water partition coefficient (Wildman–Crippen LogP) is 4.81. The molecule has 0 unspecified atom stereocenters. The van der Waals surface area contributed by atoms with Crippen molar-refractivity contribution < 1.29 is 27.4 Å². The van der Waals surface area contributed by atoms with Gasteiger partial charge in [0.15, 0.2) is 5.13 Å². The number of nitrogens with one attached hydrogen (secondary N) is 1. The monoisotopic (exact) mass is 506 g/mol. The van der Waals surface area contributed by atoms with E-state index in [-0.39, 0.29) is 12.3 Å². The number of aromatic nitrogens is 1. The number of alkyl halides is 3. The lowest BCUT2D eigenvalue weighted by Crippen LogP contribution is -2.49. The van der Waals surface area contributed by atoms with Gasteiger partial charge >= 0.3 is 6.18 Å². The van der Waals surface area contributed by atoms with Gasteiger partial charge in [-0.15, -0.1) is 11.3 Å². The van der Waals surface area contributed by atoms with Gasteiger partial charge in [-0.3, -0.25) is 4.79 Å². The van der Waals surface area contributed by atoms with Crippen LogP contribution in [0.1, 0.15) is 11.3 Å². The summed E-state index contributed by atoms with van der Waals surface area (Å²) >= 11 is 1.38. The Morgan fingerprint density at radius 1 is 1.09 bits per heavy atom.